The van der Waals surface area contributed by atoms with E-state index >= 15 is 0 Å². The van der Waals surface area contributed by atoms with Gasteiger partial charge in [-0.1, -0.05) is 42.5 Å². The Morgan fingerprint density at radius 1 is 1.13 bits per heavy atom. The van der Waals surface area contributed by atoms with E-state index in [9.17, 15) is 19.7 Å². The maximum absolute atomic E-state index is 13.0. The molecule has 0 radical (unpaired) electrons. The van der Waals surface area contributed by atoms with E-state index in [1.54, 1.807) is 41.1 Å². The van der Waals surface area contributed by atoms with Gasteiger partial charge < -0.3 is 9.80 Å². The summed E-state index contributed by atoms with van der Waals surface area (Å²) >= 11 is 0. The Morgan fingerprint density at radius 2 is 1.81 bits per heavy atom. The van der Waals surface area contributed by atoms with Crippen LogP contribution in [0.15, 0.2) is 60.7 Å². The zero-order valence-corrected chi connectivity index (χ0v) is 17.8. The second-order valence-electron chi connectivity index (χ2n) is 7.82. The number of hydrogen-bond acceptors (Lipinski definition) is 4. The van der Waals surface area contributed by atoms with Crippen LogP contribution >= 0.6 is 0 Å². The van der Waals surface area contributed by atoms with Crippen molar-refractivity contribution in [1.82, 2.24) is 9.80 Å². The lowest BCUT2D eigenvalue weighted by molar-refractivity contribution is -0.384. The van der Waals surface area contributed by atoms with E-state index in [2.05, 4.69) is 0 Å². The zero-order valence-electron chi connectivity index (χ0n) is 17.8. The molecule has 0 spiro atoms. The Morgan fingerprint density at radius 3 is 2.45 bits per heavy atom. The van der Waals surface area contributed by atoms with E-state index in [0.717, 1.165) is 11.1 Å². The molecule has 2 amide bonds. The molecule has 0 saturated carbocycles. The standard InChI is InChI=1S/C24H27N3O4/c1-18(21-9-6-10-22(17-21)27(30)31)25(2)24(29)20-13-15-26(16-14-20)23(28)12-11-19-7-4-3-5-8-19/h3-12,17-18,20H,13-16H2,1-2H3/b12-11+/t18-/m0/s1. The number of hydrogen-bond donors (Lipinski definition) is 0. The number of carbonyl (C=O) groups excluding carboxylic acids is 2. The number of nitro groups is 1. The van der Waals surface area contributed by atoms with Crippen molar-refractivity contribution in [2.75, 3.05) is 20.1 Å². The summed E-state index contributed by atoms with van der Waals surface area (Å²) in [6.07, 6.45) is 4.59. The Kier molecular flexibility index (Phi) is 7.18. The van der Waals surface area contributed by atoms with E-state index < -0.39 is 4.92 Å². The van der Waals surface area contributed by atoms with E-state index in [0.29, 0.717) is 25.9 Å². The van der Waals surface area contributed by atoms with Crippen molar-refractivity contribution in [3.63, 3.8) is 0 Å². The van der Waals surface area contributed by atoms with Crippen molar-refractivity contribution in [1.29, 1.82) is 0 Å². The van der Waals surface area contributed by atoms with E-state index in [1.165, 1.54) is 12.1 Å². The van der Waals surface area contributed by atoms with Crippen molar-refractivity contribution >= 4 is 23.6 Å². The monoisotopic (exact) mass is 421 g/mol. The molecule has 1 atom stereocenters. The van der Waals surface area contributed by atoms with Crippen LogP contribution in [0.25, 0.3) is 6.08 Å². The van der Waals surface area contributed by atoms with Crippen LogP contribution in [0.3, 0.4) is 0 Å². The van der Waals surface area contributed by atoms with Gasteiger partial charge in [0.1, 0.15) is 0 Å². The van der Waals surface area contributed by atoms with Crippen LogP contribution in [0, 0.1) is 16.0 Å². The largest absolute Gasteiger partial charge is 0.339 e. The second kappa shape index (κ2) is 10.0. The molecule has 1 heterocycles. The van der Waals surface area contributed by atoms with Crippen LogP contribution in [0.2, 0.25) is 0 Å². The van der Waals surface area contributed by atoms with Gasteiger partial charge in [0, 0.05) is 44.3 Å². The highest BCUT2D eigenvalue weighted by Crippen LogP contribution is 2.27. The van der Waals surface area contributed by atoms with E-state index in [4.69, 9.17) is 0 Å². The van der Waals surface area contributed by atoms with Crippen molar-refractivity contribution < 1.29 is 14.5 Å². The summed E-state index contributed by atoms with van der Waals surface area (Å²) in [5, 5.41) is 11.0. The molecule has 1 saturated heterocycles. The minimum Gasteiger partial charge on any atom is -0.339 e. The molecule has 0 N–H and O–H groups in total. The number of rotatable bonds is 6. The predicted molar refractivity (Wildman–Crippen MR) is 119 cm³/mol. The minimum atomic E-state index is -0.434. The van der Waals surface area contributed by atoms with Gasteiger partial charge in [0.2, 0.25) is 11.8 Å². The van der Waals surface area contributed by atoms with Crippen LogP contribution in [0.5, 0.6) is 0 Å². The fraction of sp³-hybridized carbons (Fsp3) is 0.333. The lowest BCUT2D eigenvalue weighted by atomic mass is 9.94. The fourth-order valence-corrected chi connectivity index (χ4v) is 3.78. The van der Waals surface area contributed by atoms with Crippen LogP contribution in [0.1, 0.15) is 36.9 Å². The highest BCUT2D eigenvalue weighted by molar-refractivity contribution is 5.92. The summed E-state index contributed by atoms with van der Waals surface area (Å²) in [5.74, 6) is -0.202. The molecule has 0 unspecified atom stereocenters. The predicted octanol–water partition coefficient (Wildman–Crippen LogP) is 4.07. The molecule has 2 aromatic rings. The number of amides is 2. The average molecular weight is 421 g/mol. The van der Waals surface area contributed by atoms with Crippen molar-refractivity contribution in [2.45, 2.75) is 25.8 Å². The molecule has 7 heteroatoms. The first-order chi connectivity index (χ1) is 14.9. The van der Waals surface area contributed by atoms with Gasteiger partial charge in [0.15, 0.2) is 0 Å². The fourth-order valence-electron chi connectivity index (χ4n) is 3.78. The van der Waals surface area contributed by atoms with Gasteiger partial charge >= 0.3 is 0 Å². The molecule has 1 aliphatic rings. The number of nitrogens with zero attached hydrogens (tertiary/aromatic N) is 3. The van der Waals surface area contributed by atoms with E-state index in [1.807, 2.05) is 37.3 Å². The first-order valence-electron chi connectivity index (χ1n) is 10.4. The summed E-state index contributed by atoms with van der Waals surface area (Å²) in [6, 6.07) is 15.8. The summed E-state index contributed by atoms with van der Waals surface area (Å²) in [5.41, 5.74) is 1.71. The summed E-state index contributed by atoms with van der Waals surface area (Å²) in [4.78, 5) is 39.5. The molecular formula is C24H27N3O4. The first-order valence-corrected chi connectivity index (χ1v) is 10.4. The molecule has 162 valence electrons. The molecule has 0 aliphatic carbocycles. The average Bonchev–Trinajstić information content (AvgIpc) is 2.82. The third kappa shape index (κ3) is 5.57. The van der Waals surface area contributed by atoms with Gasteiger partial charge in [-0.2, -0.15) is 0 Å². The zero-order chi connectivity index (χ0) is 22.4. The molecule has 1 fully saturated rings. The van der Waals surface area contributed by atoms with Crippen LogP contribution in [0.4, 0.5) is 5.69 Å². The Balaban J connectivity index is 1.55. The Labute approximate surface area is 182 Å². The van der Waals surface area contributed by atoms with Gasteiger partial charge in [-0.3, -0.25) is 19.7 Å². The number of benzene rings is 2. The smallest absolute Gasteiger partial charge is 0.269 e. The van der Waals surface area contributed by atoms with Crippen molar-refractivity contribution in [2.24, 2.45) is 5.92 Å². The molecular weight excluding hydrogens is 394 g/mol. The van der Waals surface area contributed by atoms with Crippen LogP contribution in [-0.2, 0) is 9.59 Å². The maximum atomic E-state index is 13.0. The third-order valence-corrected chi connectivity index (χ3v) is 5.87. The van der Waals surface area contributed by atoms with Gasteiger partial charge in [-0.25, -0.2) is 0 Å². The molecule has 0 aromatic heterocycles. The van der Waals surface area contributed by atoms with Gasteiger partial charge in [-0.05, 0) is 37.0 Å². The highest BCUT2D eigenvalue weighted by atomic mass is 16.6. The lowest BCUT2D eigenvalue weighted by Crippen LogP contribution is -2.43. The molecule has 1 aliphatic heterocycles. The minimum absolute atomic E-state index is 0.00549. The quantitative estimate of drug-likeness (QED) is 0.400. The lowest BCUT2D eigenvalue weighted by Gasteiger charge is -2.34. The second-order valence-corrected chi connectivity index (χ2v) is 7.82. The topological polar surface area (TPSA) is 83.8 Å². The van der Waals surface area contributed by atoms with Crippen molar-refractivity contribution in [3.05, 3.63) is 81.9 Å². The third-order valence-electron chi connectivity index (χ3n) is 5.87. The molecule has 3 rings (SSSR count). The van der Waals surface area contributed by atoms with Gasteiger partial charge in [0.05, 0.1) is 11.0 Å². The number of carbonyl (C=O) groups is 2. The highest BCUT2D eigenvalue weighted by Gasteiger charge is 2.30. The SMILES string of the molecule is C[C@@H](c1cccc([N+](=O)[O-])c1)N(C)C(=O)C1CCN(C(=O)/C=C/c2ccccc2)CC1. The first kappa shape index (κ1) is 22.2. The van der Waals surface area contributed by atoms with E-state index in [-0.39, 0.29) is 29.5 Å². The summed E-state index contributed by atoms with van der Waals surface area (Å²) in [7, 11) is 1.73. The molecule has 31 heavy (non-hydrogen) atoms. The Hall–Kier alpha value is -3.48. The van der Waals surface area contributed by atoms with Crippen LogP contribution < -0.4 is 0 Å². The number of nitro benzene ring substituents is 1. The van der Waals surface area contributed by atoms with Gasteiger partial charge in [-0.15, -0.1) is 0 Å². The molecule has 0 bridgehead atoms. The summed E-state index contributed by atoms with van der Waals surface area (Å²) in [6.45, 7) is 2.94. The maximum Gasteiger partial charge on any atom is 0.269 e. The Bertz CT molecular complexity index is 966. The van der Waals surface area contributed by atoms with Gasteiger partial charge in [0.25, 0.3) is 5.69 Å². The number of piperidine rings is 1. The number of non-ortho nitro benzene ring substituents is 1. The van der Waals surface area contributed by atoms with Crippen molar-refractivity contribution in [3.8, 4) is 0 Å². The number of likely N-dealkylation sites (tertiary alicyclic amines) is 1. The normalized spacial score (nSPS) is 15.6. The van der Waals surface area contributed by atoms with Crippen LogP contribution in [-0.4, -0.2) is 46.7 Å². The summed E-state index contributed by atoms with van der Waals surface area (Å²) < 4.78 is 0. The molecule has 7 nitrogen and oxygen atoms in total. The molecule has 2 aromatic carbocycles.